The minimum absolute atomic E-state index is 0.0622. The molecule has 0 spiro atoms. The van der Waals surface area contributed by atoms with Crippen LogP contribution in [0.2, 0.25) is 0 Å². The molecule has 1 aromatic rings. The molecule has 0 aliphatic heterocycles. The van der Waals surface area contributed by atoms with Crippen LogP contribution >= 0.6 is 11.6 Å². The van der Waals surface area contributed by atoms with Gasteiger partial charge in [0, 0.05) is 0 Å². The van der Waals surface area contributed by atoms with E-state index in [1.165, 1.54) is 26.4 Å². The highest BCUT2D eigenvalue weighted by molar-refractivity contribution is 6.18. The van der Waals surface area contributed by atoms with Gasteiger partial charge in [-0.3, -0.25) is 0 Å². The Labute approximate surface area is 104 Å². The minimum atomic E-state index is -1.07. The van der Waals surface area contributed by atoms with E-state index in [1.54, 1.807) is 0 Å². The number of carboxylic acids is 1. The quantitative estimate of drug-likeness (QED) is 0.793. The van der Waals surface area contributed by atoms with E-state index < -0.39 is 5.97 Å². The number of alkyl halides is 1. The first kappa shape index (κ1) is 13.4. The Morgan fingerprint density at radius 2 is 1.94 bits per heavy atom. The molecule has 0 atom stereocenters. The highest BCUT2D eigenvalue weighted by atomic mass is 35.5. The van der Waals surface area contributed by atoms with Crippen LogP contribution in [0.3, 0.4) is 0 Å². The lowest BCUT2D eigenvalue weighted by molar-refractivity contribution is 0.0696. The Bertz CT molecular complexity index is 405. The largest absolute Gasteiger partial charge is 0.493 e. The van der Waals surface area contributed by atoms with Gasteiger partial charge in [0.2, 0.25) is 5.75 Å². The molecule has 0 aliphatic rings. The second-order valence-corrected chi connectivity index (χ2v) is 3.43. The van der Waals surface area contributed by atoms with Crippen molar-refractivity contribution < 1.29 is 24.1 Å². The molecule has 17 heavy (non-hydrogen) atoms. The Morgan fingerprint density at radius 1 is 1.29 bits per heavy atom. The molecular weight excluding hydrogens is 248 g/mol. The normalized spacial score (nSPS) is 9.82. The molecule has 1 rings (SSSR count). The highest BCUT2D eigenvalue weighted by Crippen LogP contribution is 2.38. The van der Waals surface area contributed by atoms with Crippen molar-refractivity contribution in [3.63, 3.8) is 0 Å². The van der Waals surface area contributed by atoms with Crippen LogP contribution in [0, 0.1) is 0 Å². The van der Waals surface area contributed by atoms with Gasteiger partial charge >= 0.3 is 5.97 Å². The molecule has 1 aromatic carbocycles. The molecule has 1 N–H and O–H groups in total. The zero-order chi connectivity index (χ0) is 12.8. The standard InChI is InChI=1S/C11H13ClO5/c1-15-8-5-7(11(13)14)6-9(10(8)16-2)17-4-3-12/h5-6H,3-4H2,1-2H3,(H,13,14). The lowest BCUT2D eigenvalue weighted by Crippen LogP contribution is -2.04. The van der Waals surface area contributed by atoms with Gasteiger partial charge in [0.15, 0.2) is 11.5 Å². The third-order valence-electron chi connectivity index (χ3n) is 2.03. The van der Waals surface area contributed by atoms with Crippen LogP contribution in [0.5, 0.6) is 17.2 Å². The number of hydrogen-bond donors (Lipinski definition) is 1. The first-order valence-electron chi connectivity index (χ1n) is 4.82. The Hall–Kier alpha value is -1.62. The van der Waals surface area contributed by atoms with Crippen LogP contribution in [0.1, 0.15) is 10.4 Å². The van der Waals surface area contributed by atoms with Gasteiger partial charge in [0.05, 0.1) is 25.7 Å². The average Bonchev–Trinajstić information content (AvgIpc) is 2.34. The number of halogens is 1. The van der Waals surface area contributed by atoms with Gasteiger partial charge in [-0.05, 0) is 12.1 Å². The molecule has 6 heteroatoms. The fourth-order valence-corrected chi connectivity index (χ4v) is 1.39. The Morgan fingerprint density at radius 3 is 2.41 bits per heavy atom. The summed E-state index contributed by atoms with van der Waals surface area (Å²) in [5.41, 5.74) is 0.0622. The summed E-state index contributed by atoms with van der Waals surface area (Å²) in [7, 11) is 2.88. The molecule has 0 radical (unpaired) electrons. The molecule has 0 bridgehead atoms. The second kappa shape index (κ2) is 6.20. The number of rotatable bonds is 6. The maximum atomic E-state index is 10.9. The van der Waals surface area contributed by atoms with Crippen molar-refractivity contribution in [3.8, 4) is 17.2 Å². The first-order valence-corrected chi connectivity index (χ1v) is 5.35. The summed E-state index contributed by atoms with van der Waals surface area (Å²) in [5, 5.41) is 8.94. The lowest BCUT2D eigenvalue weighted by Gasteiger charge is -2.14. The summed E-state index contributed by atoms with van der Waals surface area (Å²) in [6.07, 6.45) is 0. The van der Waals surface area contributed by atoms with Gasteiger partial charge in [0.1, 0.15) is 6.61 Å². The molecular formula is C11H13ClO5. The number of carboxylic acid groups (broad SMARTS) is 1. The number of benzene rings is 1. The summed E-state index contributed by atoms with van der Waals surface area (Å²) in [5.74, 6) is 0.175. The zero-order valence-corrected chi connectivity index (χ0v) is 10.3. The van der Waals surface area contributed by atoms with E-state index in [1.807, 2.05) is 0 Å². The highest BCUT2D eigenvalue weighted by Gasteiger charge is 2.16. The fraction of sp³-hybridized carbons (Fsp3) is 0.364. The van der Waals surface area contributed by atoms with Crippen LogP contribution in [-0.4, -0.2) is 37.8 Å². The number of aromatic carboxylic acids is 1. The minimum Gasteiger partial charge on any atom is -0.493 e. The van der Waals surface area contributed by atoms with Crippen molar-refractivity contribution in [2.75, 3.05) is 26.7 Å². The molecule has 0 heterocycles. The predicted molar refractivity (Wildman–Crippen MR) is 62.7 cm³/mol. The average molecular weight is 261 g/mol. The van der Waals surface area contributed by atoms with E-state index in [4.69, 9.17) is 30.9 Å². The predicted octanol–water partition coefficient (Wildman–Crippen LogP) is 2.02. The van der Waals surface area contributed by atoms with Gasteiger partial charge in [-0.2, -0.15) is 0 Å². The summed E-state index contributed by atoms with van der Waals surface area (Å²) in [6.45, 7) is 0.254. The summed E-state index contributed by atoms with van der Waals surface area (Å²) < 4.78 is 15.5. The van der Waals surface area contributed by atoms with Gasteiger partial charge in [-0.25, -0.2) is 4.79 Å². The van der Waals surface area contributed by atoms with Gasteiger partial charge in [0.25, 0.3) is 0 Å². The van der Waals surface area contributed by atoms with Crippen LogP contribution in [-0.2, 0) is 0 Å². The fourth-order valence-electron chi connectivity index (χ4n) is 1.31. The van der Waals surface area contributed by atoms with E-state index in [2.05, 4.69) is 0 Å². The molecule has 5 nitrogen and oxygen atoms in total. The van der Waals surface area contributed by atoms with E-state index in [-0.39, 0.29) is 12.2 Å². The molecule has 0 aromatic heterocycles. The number of ether oxygens (including phenoxy) is 3. The monoisotopic (exact) mass is 260 g/mol. The number of carbonyl (C=O) groups is 1. The summed E-state index contributed by atoms with van der Waals surface area (Å²) >= 11 is 5.51. The van der Waals surface area contributed by atoms with E-state index >= 15 is 0 Å². The van der Waals surface area contributed by atoms with E-state index in [0.29, 0.717) is 23.1 Å². The van der Waals surface area contributed by atoms with Gasteiger partial charge in [-0.15, -0.1) is 11.6 Å². The third-order valence-corrected chi connectivity index (χ3v) is 2.18. The van der Waals surface area contributed by atoms with Crippen LogP contribution in [0.25, 0.3) is 0 Å². The number of methoxy groups -OCH3 is 2. The van der Waals surface area contributed by atoms with E-state index in [0.717, 1.165) is 0 Å². The van der Waals surface area contributed by atoms with Crippen molar-refractivity contribution in [1.29, 1.82) is 0 Å². The smallest absolute Gasteiger partial charge is 0.335 e. The second-order valence-electron chi connectivity index (χ2n) is 3.05. The Balaban J connectivity index is 3.21. The van der Waals surface area contributed by atoms with Crippen LogP contribution in [0.15, 0.2) is 12.1 Å². The lowest BCUT2D eigenvalue weighted by atomic mass is 10.2. The molecule has 0 amide bonds. The van der Waals surface area contributed by atoms with E-state index in [9.17, 15) is 4.79 Å². The van der Waals surface area contributed by atoms with Crippen molar-refractivity contribution in [3.05, 3.63) is 17.7 Å². The summed E-state index contributed by atoms with van der Waals surface area (Å²) in [4.78, 5) is 10.9. The van der Waals surface area contributed by atoms with Gasteiger partial charge in [-0.1, -0.05) is 0 Å². The van der Waals surface area contributed by atoms with Crippen LogP contribution in [0.4, 0.5) is 0 Å². The Kier molecular flexibility index (Phi) is 4.90. The molecule has 0 saturated heterocycles. The molecule has 0 fully saturated rings. The zero-order valence-electron chi connectivity index (χ0n) is 9.53. The maximum absolute atomic E-state index is 10.9. The summed E-state index contributed by atoms with van der Waals surface area (Å²) in [6, 6.07) is 2.74. The van der Waals surface area contributed by atoms with Crippen LogP contribution < -0.4 is 14.2 Å². The third kappa shape index (κ3) is 3.17. The van der Waals surface area contributed by atoms with Crippen molar-refractivity contribution >= 4 is 17.6 Å². The molecule has 0 unspecified atom stereocenters. The van der Waals surface area contributed by atoms with Gasteiger partial charge < -0.3 is 19.3 Å². The molecule has 0 aliphatic carbocycles. The van der Waals surface area contributed by atoms with Crippen molar-refractivity contribution in [2.24, 2.45) is 0 Å². The topological polar surface area (TPSA) is 65.0 Å². The maximum Gasteiger partial charge on any atom is 0.335 e. The van der Waals surface area contributed by atoms with Crippen molar-refractivity contribution in [1.82, 2.24) is 0 Å². The molecule has 94 valence electrons. The van der Waals surface area contributed by atoms with Crippen molar-refractivity contribution in [2.45, 2.75) is 0 Å². The molecule has 0 saturated carbocycles. The number of hydrogen-bond acceptors (Lipinski definition) is 4. The SMILES string of the molecule is COc1cc(C(=O)O)cc(OCCCl)c1OC. The first-order chi connectivity index (χ1) is 8.13.